The average Bonchev–Trinajstić information content (AvgIpc) is 2.53. The minimum absolute atomic E-state index is 0.0380. The number of benzene rings is 2. The number of hydrogen-bond acceptors (Lipinski definition) is 5. The molecule has 0 saturated heterocycles. The molecule has 1 amide bonds. The van der Waals surface area contributed by atoms with Crippen LogP contribution in [0.5, 0.6) is 11.5 Å². The van der Waals surface area contributed by atoms with Crippen molar-refractivity contribution in [3.63, 3.8) is 0 Å². The summed E-state index contributed by atoms with van der Waals surface area (Å²) in [5.41, 5.74) is 0.127. The van der Waals surface area contributed by atoms with Gasteiger partial charge in [-0.3, -0.25) is 9.59 Å². The van der Waals surface area contributed by atoms with E-state index >= 15 is 0 Å². The number of phenols is 1. The average molecular weight is 348 g/mol. The molecule has 1 aromatic heterocycles. The van der Waals surface area contributed by atoms with Crippen molar-refractivity contribution >= 4 is 39.4 Å². The first-order valence-electron chi connectivity index (χ1n) is 7.09. The first-order valence-corrected chi connectivity index (χ1v) is 7.46. The van der Waals surface area contributed by atoms with Crippen LogP contribution < -0.4 is 10.2 Å². The second kappa shape index (κ2) is 6.05. The number of phenolic OH excluding ortho intramolecular Hbond substituents is 1. The molecule has 0 atom stereocenters. The molecule has 6 nitrogen and oxygen atoms in total. The van der Waals surface area contributed by atoms with Gasteiger partial charge < -0.3 is 19.2 Å². The zero-order valence-electron chi connectivity index (χ0n) is 13.0. The van der Waals surface area contributed by atoms with E-state index in [9.17, 15) is 14.7 Å². The van der Waals surface area contributed by atoms with Gasteiger partial charge in [-0.25, -0.2) is 0 Å². The summed E-state index contributed by atoms with van der Waals surface area (Å²) in [6.45, 7) is -0.189. The summed E-state index contributed by atoms with van der Waals surface area (Å²) < 4.78 is 11.0. The summed E-state index contributed by atoms with van der Waals surface area (Å²) in [6.07, 6.45) is 0. The fourth-order valence-electron chi connectivity index (χ4n) is 2.26. The van der Waals surface area contributed by atoms with Crippen LogP contribution in [0.15, 0.2) is 39.5 Å². The molecule has 3 rings (SSSR count). The van der Waals surface area contributed by atoms with Crippen molar-refractivity contribution in [3.8, 4) is 11.5 Å². The van der Waals surface area contributed by atoms with E-state index in [-0.39, 0.29) is 45.8 Å². The molecule has 0 radical (unpaired) electrons. The van der Waals surface area contributed by atoms with E-state index in [1.165, 1.54) is 23.1 Å². The van der Waals surface area contributed by atoms with Gasteiger partial charge in [0.1, 0.15) is 28.1 Å². The number of carbonyl (C=O) groups excluding carboxylic acids is 1. The Labute approximate surface area is 141 Å². The standard InChI is InChI=1S/C17H14ClNO5/c1-19(2)15(21)8-23-10-6-12(20)16-14(7-10)24-13-4-3-9(18)5-11(13)17(16)22/h3-7,20H,8H2,1-2H3. The molecule has 0 bridgehead atoms. The van der Waals surface area contributed by atoms with Gasteiger partial charge in [0.05, 0.1) is 5.39 Å². The molecule has 1 heterocycles. The second-order valence-corrected chi connectivity index (χ2v) is 5.90. The monoisotopic (exact) mass is 347 g/mol. The maximum absolute atomic E-state index is 12.5. The van der Waals surface area contributed by atoms with Crippen molar-refractivity contribution in [2.45, 2.75) is 0 Å². The number of nitrogens with zero attached hydrogens (tertiary/aromatic N) is 1. The maximum atomic E-state index is 12.5. The molecule has 24 heavy (non-hydrogen) atoms. The quantitative estimate of drug-likeness (QED) is 0.737. The summed E-state index contributed by atoms with van der Waals surface area (Å²) >= 11 is 5.90. The number of likely N-dealkylation sites (N-methyl/N-ethyl adjacent to an activating group) is 1. The zero-order valence-corrected chi connectivity index (χ0v) is 13.8. The molecule has 0 fully saturated rings. The van der Waals surface area contributed by atoms with Gasteiger partial charge in [0.2, 0.25) is 5.43 Å². The first kappa shape index (κ1) is 16.1. The number of rotatable bonds is 3. The van der Waals surface area contributed by atoms with Crippen molar-refractivity contribution in [3.05, 3.63) is 45.6 Å². The summed E-state index contributed by atoms with van der Waals surface area (Å²) in [6, 6.07) is 7.42. The molecule has 7 heteroatoms. The Morgan fingerprint density at radius 2 is 2.00 bits per heavy atom. The molecule has 0 aliphatic rings. The number of fused-ring (bicyclic) bond motifs is 2. The van der Waals surface area contributed by atoms with Crippen molar-refractivity contribution in [1.29, 1.82) is 0 Å². The van der Waals surface area contributed by atoms with Crippen molar-refractivity contribution in [2.75, 3.05) is 20.7 Å². The third kappa shape index (κ3) is 2.88. The number of amides is 1. The van der Waals surface area contributed by atoms with Gasteiger partial charge in [-0.2, -0.15) is 0 Å². The molecule has 124 valence electrons. The molecule has 0 saturated carbocycles. The SMILES string of the molecule is CN(C)C(=O)COc1cc(O)c2c(=O)c3cc(Cl)ccc3oc2c1. The first-order chi connectivity index (χ1) is 11.4. The lowest BCUT2D eigenvalue weighted by Crippen LogP contribution is -2.27. The van der Waals surface area contributed by atoms with Crippen molar-refractivity contribution < 1.29 is 19.1 Å². The number of hydrogen-bond donors (Lipinski definition) is 1. The predicted molar refractivity (Wildman–Crippen MR) is 90.9 cm³/mol. The van der Waals surface area contributed by atoms with E-state index in [1.54, 1.807) is 26.2 Å². The van der Waals surface area contributed by atoms with Crippen LogP contribution in [0.1, 0.15) is 0 Å². The highest BCUT2D eigenvalue weighted by Crippen LogP contribution is 2.31. The molecular weight excluding hydrogens is 334 g/mol. The third-order valence-electron chi connectivity index (χ3n) is 3.55. The van der Waals surface area contributed by atoms with Crippen LogP contribution in [0, 0.1) is 0 Å². The highest BCUT2D eigenvalue weighted by Gasteiger charge is 2.15. The van der Waals surface area contributed by atoms with Crippen molar-refractivity contribution in [2.24, 2.45) is 0 Å². The van der Waals surface area contributed by atoms with Crippen LogP contribution >= 0.6 is 11.6 Å². The molecule has 0 aliphatic heterocycles. The lowest BCUT2D eigenvalue weighted by atomic mass is 10.1. The summed E-state index contributed by atoms with van der Waals surface area (Å²) in [7, 11) is 3.22. The van der Waals surface area contributed by atoms with E-state index in [4.69, 9.17) is 20.8 Å². The number of carbonyl (C=O) groups is 1. The highest BCUT2D eigenvalue weighted by molar-refractivity contribution is 6.31. The smallest absolute Gasteiger partial charge is 0.259 e. The molecule has 0 spiro atoms. The number of halogens is 1. The van der Waals surface area contributed by atoms with Gasteiger partial charge in [-0.1, -0.05) is 11.6 Å². The Morgan fingerprint density at radius 3 is 2.71 bits per heavy atom. The largest absolute Gasteiger partial charge is 0.507 e. The van der Waals surface area contributed by atoms with E-state index in [1.807, 2.05) is 0 Å². The van der Waals surface area contributed by atoms with Gasteiger partial charge in [0.25, 0.3) is 5.91 Å². The molecular formula is C17H14ClNO5. The van der Waals surface area contributed by atoms with Crippen molar-refractivity contribution in [1.82, 2.24) is 4.90 Å². The van der Waals surface area contributed by atoms with Crippen LogP contribution in [0.3, 0.4) is 0 Å². The molecule has 0 aliphatic carbocycles. The number of ether oxygens (including phenoxy) is 1. The van der Waals surface area contributed by atoms with Gasteiger partial charge in [-0.15, -0.1) is 0 Å². The van der Waals surface area contributed by atoms with E-state index in [2.05, 4.69) is 0 Å². The predicted octanol–water partition coefficient (Wildman–Crippen LogP) is 2.77. The van der Waals surface area contributed by atoms with Crippen LogP contribution in [-0.2, 0) is 4.79 Å². The van der Waals surface area contributed by atoms with Gasteiger partial charge >= 0.3 is 0 Å². The molecule has 0 unspecified atom stereocenters. The summed E-state index contributed by atoms with van der Waals surface area (Å²) in [5.74, 6) is -0.286. The van der Waals surface area contributed by atoms with E-state index in [0.717, 1.165) is 0 Å². The van der Waals surface area contributed by atoms with Gasteiger partial charge in [0, 0.05) is 31.3 Å². The number of aromatic hydroxyl groups is 1. The molecule has 2 aromatic carbocycles. The second-order valence-electron chi connectivity index (χ2n) is 5.46. The topological polar surface area (TPSA) is 80.0 Å². The maximum Gasteiger partial charge on any atom is 0.259 e. The van der Waals surface area contributed by atoms with Crippen LogP contribution in [0.4, 0.5) is 0 Å². The van der Waals surface area contributed by atoms with E-state index in [0.29, 0.717) is 10.6 Å². The lowest BCUT2D eigenvalue weighted by Gasteiger charge is -2.12. The normalized spacial score (nSPS) is 11.0. The third-order valence-corrected chi connectivity index (χ3v) is 3.78. The Hall–Kier alpha value is -2.73. The van der Waals surface area contributed by atoms with Gasteiger partial charge in [-0.05, 0) is 18.2 Å². The fourth-order valence-corrected chi connectivity index (χ4v) is 2.44. The minimum Gasteiger partial charge on any atom is -0.507 e. The molecule has 3 aromatic rings. The summed E-state index contributed by atoms with van der Waals surface area (Å²) in [4.78, 5) is 25.5. The van der Waals surface area contributed by atoms with Crippen LogP contribution in [-0.4, -0.2) is 36.6 Å². The van der Waals surface area contributed by atoms with Crippen LogP contribution in [0.2, 0.25) is 5.02 Å². The summed E-state index contributed by atoms with van der Waals surface area (Å²) in [5, 5.41) is 10.9. The fraction of sp³-hybridized carbons (Fsp3) is 0.176. The van der Waals surface area contributed by atoms with Crippen LogP contribution in [0.25, 0.3) is 21.9 Å². The minimum atomic E-state index is -0.387. The Morgan fingerprint density at radius 1 is 1.25 bits per heavy atom. The van der Waals surface area contributed by atoms with Gasteiger partial charge in [0.15, 0.2) is 6.61 Å². The Balaban J connectivity index is 2.11. The Bertz CT molecular complexity index is 1010. The highest BCUT2D eigenvalue weighted by atomic mass is 35.5. The van der Waals surface area contributed by atoms with E-state index < -0.39 is 0 Å². The lowest BCUT2D eigenvalue weighted by molar-refractivity contribution is -0.130. The zero-order chi connectivity index (χ0) is 17.4. The molecule has 1 N–H and O–H groups in total. The Kier molecular flexibility index (Phi) is 4.07.